The van der Waals surface area contributed by atoms with Crippen LogP contribution in [-0.4, -0.2) is 39.5 Å². The van der Waals surface area contributed by atoms with Crippen LogP contribution in [0.3, 0.4) is 0 Å². The number of likely N-dealkylation sites (tertiary alicyclic amines) is 1. The van der Waals surface area contributed by atoms with E-state index in [0.717, 1.165) is 32.2 Å². The van der Waals surface area contributed by atoms with Crippen molar-refractivity contribution in [3.8, 4) is 10.6 Å². The van der Waals surface area contributed by atoms with Crippen LogP contribution in [-0.2, 0) is 4.79 Å². The number of nitrogens with one attached hydrogen (secondary N) is 1. The Hall–Kier alpha value is -3.10. The van der Waals surface area contributed by atoms with Crippen molar-refractivity contribution in [3.05, 3.63) is 76.8 Å². The average molecular weight is 507 g/mol. The Morgan fingerprint density at radius 1 is 1.00 bits per heavy atom. The zero-order chi connectivity index (χ0) is 22.1. The molecular weight excluding hydrogens is 488 g/mol. The minimum Gasteiger partial charge on any atom is -0.327 e. The monoisotopic (exact) mass is 506 g/mol. The minimum atomic E-state index is -0.521. The molecular formula is C24H19BrN4O2S. The number of anilines is 1. The van der Waals surface area contributed by atoms with Crippen molar-refractivity contribution in [1.82, 2.24) is 15.1 Å². The molecule has 0 spiro atoms. The number of halogens is 1. The first-order valence-electron chi connectivity index (χ1n) is 10.3. The highest BCUT2D eigenvalue weighted by Gasteiger charge is 2.35. The highest BCUT2D eigenvalue weighted by Crippen LogP contribution is 2.29. The van der Waals surface area contributed by atoms with Crippen LogP contribution >= 0.6 is 27.3 Å². The summed E-state index contributed by atoms with van der Waals surface area (Å²) in [6.07, 6.45) is 1.42. The molecule has 1 aliphatic heterocycles. The molecule has 0 saturated carbocycles. The van der Waals surface area contributed by atoms with Gasteiger partial charge in [0.2, 0.25) is 11.0 Å². The molecule has 5 rings (SSSR count). The topological polar surface area (TPSA) is 75.2 Å². The van der Waals surface area contributed by atoms with Crippen molar-refractivity contribution in [1.29, 1.82) is 0 Å². The van der Waals surface area contributed by atoms with E-state index < -0.39 is 6.04 Å². The van der Waals surface area contributed by atoms with Crippen molar-refractivity contribution in [2.75, 3.05) is 11.9 Å². The third kappa shape index (κ3) is 4.16. The maximum atomic E-state index is 13.2. The van der Waals surface area contributed by atoms with E-state index in [1.54, 1.807) is 4.90 Å². The van der Waals surface area contributed by atoms with Gasteiger partial charge in [-0.15, -0.1) is 10.2 Å². The highest BCUT2D eigenvalue weighted by molar-refractivity contribution is 9.10. The van der Waals surface area contributed by atoms with E-state index in [1.165, 1.54) is 11.3 Å². The van der Waals surface area contributed by atoms with Crippen LogP contribution in [0.15, 0.2) is 71.2 Å². The van der Waals surface area contributed by atoms with Crippen molar-refractivity contribution in [2.24, 2.45) is 0 Å². The molecule has 0 aliphatic carbocycles. The fraction of sp³-hybridized carbons (Fsp3) is 0.167. The molecule has 2 heterocycles. The van der Waals surface area contributed by atoms with Gasteiger partial charge in [-0.1, -0.05) is 69.7 Å². The van der Waals surface area contributed by atoms with E-state index in [-0.39, 0.29) is 11.8 Å². The first-order chi connectivity index (χ1) is 15.6. The Morgan fingerprint density at radius 2 is 1.84 bits per heavy atom. The van der Waals surface area contributed by atoms with E-state index in [1.807, 2.05) is 66.7 Å². The largest absolute Gasteiger partial charge is 0.327 e. The van der Waals surface area contributed by atoms with E-state index in [9.17, 15) is 9.59 Å². The molecule has 3 aromatic carbocycles. The molecule has 1 saturated heterocycles. The molecule has 1 aromatic heterocycles. The number of benzene rings is 3. The second-order valence-corrected chi connectivity index (χ2v) is 9.52. The number of nitrogens with zero attached hydrogens (tertiary/aromatic N) is 3. The molecule has 1 atom stereocenters. The quantitative estimate of drug-likeness (QED) is 0.404. The molecule has 6 nitrogen and oxygen atoms in total. The molecule has 0 bridgehead atoms. The summed E-state index contributed by atoms with van der Waals surface area (Å²) in [6.45, 7) is 0.559. The van der Waals surface area contributed by atoms with E-state index in [0.29, 0.717) is 23.7 Å². The zero-order valence-electron chi connectivity index (χ0n) is 17.0. The second kappa shape index (κ2) is 8.80. The minimum absolute atomic E-state index is 0.125. The lowest BCUT2D eigenvalue weighted by Crippen LogP contribution is -2.43. The van der Waals surface area contributed by atoms with Gasteiger partial charge in [-0.3, -0.25) is 14.9 Å². The van der Waals surface area contributed by atoms with Gasteiger partial charge in [0.15, 0.2) is 0 Å². The van der Waals surface area contributed by atoms with E-state index >= 15 is 0 Å². The summed E-state index contributed by atoms with van der Waals surface area (Å²) >= 11 is 4.76. The number of hydrogen-bond donors (Lipinski definition) is 1. The summed E-state index contributed by atoms with van der Waals surface area (Å²) in [7, 11) is 0. The molecule has 1 aliphatic rings. The standard InChI is InChI=1S/C24H19BrN4O2S/c25-19-8-3-7-17(14-19)22-27-28-24(32-22)26-21(30)20-9-4-12-29(20)23(31)18-11-10-15-5-1-2-6-16(15)13-18/h1-3,5-8,10-11,13-14,20H,4,9,12H2,(H,26,28,30). The van der Waals surface area contributed by atoms with Crippen molar-refractivity contribution < 1.29 is 9.59 Å². The highest BCUT2D eigenvalue weighted by atomic mass is 79.9. The van der Waals surface area contributed by atoms with Gasteiger partial charge >= 0.3 is 0 Å². The molecule has 8 heteroatoms. The summed E-state index contributed by atoms with van der Waals surface area (Å²) < 4.78 is 0.949. The Kier molecular flexibility index (Phi) is 5.71. The van der Waals surface area contributed by atoms with Gasteiger partial charge in [0, 0.05) is 22.1 Å². The number of rotatable bonds is 4. The number of hydrogen-bond acceptors (Lipinski definition) is 5. The lowest BCUT2D eigenvalue weighted by molar-refractivity contribution is -0.119. The zero-order valence-corrected chi connectivity index (χ0v) is 19.4. The van der Waals surface area contributed by atoms with Gasteiger partial charge in [-0.2, -0.15) is 0 Å². The van der Waals surface area contributed by atoms with Crippen LogP contribution in [0.2, 0.25) is 0 Å². The van der Waals surface area contributed by atoms with Crippen molar-refractivity contribution in [2.45, 2.75) is 18.9 Å². The summed E-state index contributed by atoms with van der Waals surface area (Å²) in [4.78, 5) is 27.9. The lowest BCUT2D eigenvalue weighted by Gasteiger charge is -2.23. The number of amides is 2. The molecule has 1 unspecified atom stereocenters. The molecule has 2 amide bonds. The van der Waals surface area contributed by atoms with E-state index in [2.05, 4.69) is 31.4 Å². The second-order valence-electron chi connectivity index (χ2n) is 7.63. The maximum Gasteiger partial charge on any atom is 0.254 e. The average Bonchev–Trinajstić information content (AvgIpc) is 3.48. The number of carbonyl (C=O) groups is 2. The van der Waals surface area contributed by atoms with Gasteiger partial charge in [0.1, 0.15) is 11.0 Å². The van der Waals surface area contributed by atoms with Gasteiger partial charge < -0.3 is 4.90 Å². The van der Waals surface area contributed by atoms with E-state index in [4.69, 9.17) is 0 Å². The van der Waals surface area contributed by atoms with Gasteiger partial charge in [-0.25, -0.2) is 0 Å². The molecule has 4 aromatic rings. The molecule has 1 fully saturated rings. The Bertz CT molecular complexity index is 1320. The smallest absolute Gasteiger partial charge is 0.254 e. The normalized spacial score (nSPS) is 15.8. The van der Waals surface area contributed by atoms with Gasteiger partial charge in [0.05, 0.1) is 0 Å². The van der Waals surface area contributed by atoms with Crippen molar-refractivity contribution in [3.63, 3.8) is 0 Å². The van der Waals surface area contributed by atoms with Crippen LogP contribution in [0.1, 0.15) is 23.2 Å². The first-order valence-corrected chi connectivity index (χ1v) is 11.9. The third-order valence-corrected chi connectivity index (χ3v) is 6.92. The first kappa shape index (κ1) is 20.8. The Labute approximate surface area is 197 Å². The summed E-state index contributed by atoms with van der Waals surface area (Å²) in [5, 5.41) is 14.4. The predicted molar refractivity (Wildman–Crippen MR) is 130 cm³/mol. The summed E-state index contributed by atoms with van der Waals surface area (Å²) in [6, 6.07) is 20.8. The van der Waals surface area contributed by atoms with Gasteiger partial charge in [0.25, 0.3) is 5.91 Å². The third-order valence-electron chi connectivity index (χ3n) is 5.54. The van der Waals surface area contributed by atoms with Crippen LogP contribution in [0, 0.1) is 0 Å². The molecule has 160 valence electrons. The Balaban J connectivity index is 1.32. The summed E-state index contributed by atoms with van der Waals surface area (Å²) in [5.41, 5.74) is 1.52. The fourth-order valence-corrected chi connectivity index (χ4v) is 5.11. The number of fused-ring (bicyclic) bond motifs is 1. The molecule has 1 N–H and O–H groups in total. The maximum absolute atomic E-state index is 13.2. The molecule has 32 heavy (non-hydrogen) atoms. The van der Waals surface area contributed by atoms with Crippen LogP contribution in [0.25, 0.3) is 21.3 Å². The number of carbonyl (C=O) groups excluding carboxylic acids is 2. The van der Waals surface area contributed by atoms with Crippen molar-refractivity contribution >= 4 is 55.0 Å². The van der Waals surface area contributed by atoms with Gasteiger partial charge in [-0.05, 0) is 47.9 Å². The summed E-state index contributed by atoms with van der Waals surface area (Å²) in [5.74, 6) is -0.353. The van der Waals surface area contributed by atoms with Crippen LogP contribution in [0.4, 0.5) is 5.13 Å². The predicted octanol–water partition coefficient (Wildman–Crippen LogP) is 5.36. The molecule has 0 radical (unpaired) electrons. The lowest BCUT2D eigenvalue weighted by atomic mass is 10.1. The fourth-order valence-electron chi connectivity index (χ4n) is 3.97. The van der Waals surface area contributed by atoms with Crippen LogP contribution in [0.5, 0.6) is 0 Å². The SMILES string of the molecule is O=C(Nc1nnc(-c2cccc(Br)c2)s1)C1CCCN1C(=O)c1ccc2ccccc2c1. The van der Waals surface area contributed by atoms with Crippen LogP contribution < -0.4 is 5.32 Å². The Morgan fingerprint density at radius 3 is 2.69 bits per heavy atom. The number of aromatic nitrogens is 2.